The van der Waals surface area contributed by atoms with E-state index in [4.69, 9.17) is 23.2 Å². The van der Waals surface area contributed by atoms with Gasteiger partial charge in [-0.05, 0) is 18.2 Å². The Morgan fingerprint density at radius 1 is 1.23 bits per heavy atom. The van der Waals surface area contributed by atoms with Crippen LogP contribution in [0.4, 0.5) is 11.4 Å². The highest BCUT2D eigenvalue weighted by Gasteiger charge is 2.17. The molecule has 11 heteroatoms. The number of non-ortho nitro benzene ring substituents is 1. The number of carbonyl (C=O) groups is 1. The summed E-state index contributed by atoms with van der Waals surface area (Å²) in [5.74, 6) is 0.163. The van der Waals surface area contributed by atoms with Gasteiger partial charge in [0, 0.05) is 24.2 Å². The minimum atomic E-state index is -0.561. The highest BCUT2D eigenvalue weighted by molar-refractivity contribution is 7.99. The number of hydrogen-bond acceptors (Lipinski definition) is 6. The van der Waals surface area contributed by atoms with Gasteiger partial charge in [-0.15, -0.1) is 16.8 Å². The van der Waals surface area contributed by atoms with E-state index in [0.717, 1.165) is 11.8 Å². The van der Waals surface area contributed by atoms with Gasteiger partial charge >= 0.3 is 0 Å². The number of halogens is 2. The Bertz CT molecular complexity index is 1120. The standard InChI is InChI=1S/C19H15Cl2N5O3S/c1-2-9-25-18(13-5-3-4-6-14(13)20)23-24-19(25)30-11-17(27)22-16-10-12(26(28)29)7-8-15(16)21/h2-8,10H,1,9,11H2,(H,22,27). The molecule has 0 spiro atoms. The van der Waals surface area contributed by atoms with Crippen LogP contribution >= 0.6 is 35.0 Å². The zero-order chi connectivity index (χ0) is 21.7. The monoisotopic (exact) mass is 463 g/mol. The smallest absolute Gasteiger partial charge is 0.271 e. The molecule has 0 aliphatic heterocycles. The molecule has 0 radical (unpaired) electrons. The Hall–Kier alpha value is -2.88. The fourth-order valence-corrected chi connectivity index (χ4v) is 3.70. The molecule has 0 bridgehead atoms. The minimum Gasteiger partial charge on any atom is -0.324 e. The van der Waals surface area contributed by atoms with E-state index in [2.05, 4.69) is 22.1 Å². The molecule has 1 heterocycles. The average molecular weight is 464 g/mol. The van der Waals surface area contributed by atoms with Crippen LogP contribution < -0.4 is 5.32 Å². The molecule has 1 N–H and O–H groups in total. The van der Waals surface area contributed by atoms with Crippen molar-refractivity contribution >= 4 is 52.2 Å². The topological polar surface area (TPSA) is 103 Å². The number of carbonyl (C=O) groups excluding carboxylic acids is 1. The van der Waals surface area contributed by atoms with E-state index in [-0.39, 0.29) is 22.2 Å². The van der Waals surface area contributed by atoms with E-state index in [1.165, 1.54) is 18.2 Å². The quantitative estimate of drug-likeness (QED) is 0.216. The number of nitrogens with one attached hydrogen (secondary N) is 1. The number of nitrogens with zero attached hydrogens (tertiary/aromatic N) is 4. The van der Waals surface area contributed by atoms with Gasteiger partial charge < -0.3 is 5.32 Å². The molecular weight excluding hydrogens is 449 g/mol. The molecule has 0 saturated heterocycles. The van der Waals surface area contributed by atoms with Crippen molar-refractivity contribution in [3.8, 4) is 11.4 Å². The molecule has 1 amide bonds. The summed E-state index contributed by atoms with van der Waals surface area (Å²) in [6.07, 6.45) is 1.69. The number of allylic oxidation sites excluding steroid dienone is 1. The van der Waals surface area contributed by atoms with Crippen LogP contribution in [0.1, 0.15) is 0 Å². The first kappa shape index (κ1) is 21.8. The summed E-state index contributed by atoms with van der Waals surface area (Å²) in [7, 11) is 0. The Kier molecular flexibility index (Phi) is 7.09. The molecular formula is C19H15Cl2N5O3S. The lowest BCUT2D eigenvalue weighted by Crippen LogP contribution is -2.15. The van der Waals surface area contributed by atoms with Crippen LogP contribution in [0.3, 0.4) is 0 Å². The van der Waals surface area contributed by atoms with Crippen LogP contribution in [0.5, 0.6) is 0 Å². The van der Waals surface area contributed by atoms with Crippen LogP contribution in [0.25, 0.3) is 11.4 Å². The number of nitro benzene ring substituents is 1. The maximum Gasteiger partial charge on any atom is 0.271 e. The van der Waals surface area contributed by atoms with Crippen molar-refractivity contribution in [3.05, 3.63) is 75.3 Å². The Labute approximate surface area is 186 Å². The third kappa shape index (κ3) is 4.99. The van der Waals surface area contributed by atoms with E-state index >= 15 is 0 Å². The van der Waals surface area contributed by atoms with Crippen LogP contribution in [-0.2, 0) is 11.3 Å². The van der Waals surface area contributed by atoms with Crippen molar-refractivity contribution in [1.29, 1.82) is 0 Å². The van der Waals surface area contributed by atoms with Crippen molar-refractivity contribution < 1.29 is 9.72 Å². The molecule has 0 fully saturated rings. The number of hydrogen-bond donors (Lipinski definition) is 1. The lowest BCUT2D eigenvalue weighted by atomic mass is 10.2. The maximum absolute atomic E-state index is 12.4. The molecule has 0 unspecified atom stereocenters. The molecule has 1 aromatic heterocycles. The largest absolute Gasteiger partial charge is 0.324 e. The third-order valence-corrected chi connectivity index (χ3v) is 5.54. The van der Waals surface area contributed by atoms with Gasteiger partial charge in [-0.25, -0.2) is 0 Å². The first-order chi connectivity index (χ1) is 14.4. The first-order valence-corrected chi connectivity index (χ1v) is 10.3. The summed E-state index contributed by atoms with van der Waals surface area (Å²) in [4.78, 5) is 22.7. The van der Waals surface area contributed by atoms with Crippen LogP contribution in [0, 0.1) is 10.1 Å². The predicted octanol–water partition coefficient (Wildman–Crippen LogP) is 5.08. The van der Waals surface area contributed by atoms with Gasteiger partial charge in [-0.1, -0.05) is 53.2 Å². The fourth-order valence-electron chi connectivity index (χ4n) is 2.57. The zero-order valence-electron chi connectivity index (χ0n) is 15.4. The molecule has 154 valence electrons. The summed E-state index contributed by atoms with van der Waals surface area (Å²) in [6.45, 7) is 4.17. The van der Waals surface area contributed by atoms with Crippen molar-refractivity contribution in [2.24, 2.45) is 0 Å². The number of benzene rings is 2. The number of anilines is 1. The molecule has 30 heavy (non-hydrogen) atoms. The second kappa shape index (κ2) is 9.75. The van der Waals surface area contributed by atoms with Gasteiger partial charge in [0.1, 0.15) is 0 Å². The Morgan fingerprint density at radius 2 is 2.00 bits per heavy atom. The molecule has 0 saturated carbocycles. The van der Waals surface area contributed by atoms with Crippen molar-refractivity contribution in [1.82, 2.24) is 14.8 Å². The normalized spacial score (nSPS) is 10.6. The lowest BCUT2D eigenvalue weighted by molar-refractivity contribution is -0.384. The predicted molar refractivity (Wildman–Crippen MR) is 118 cm³/mol. The van der Waals surface area contributed by atoms with Gasteiger partial charge in [-0.3, -0.25) is 19.5 Å². The lowest BCUT2D eigenvalue weighted by Gasteiger charge is -2.09. The molecule has 8 nitrogen and oxygen atoms in total. The van der Waals surface area contributed by atoms with Crippen molar-refractivity contribution in [2.45, 2.75) is 11.7 Å². The van der Waals surface area contributed by atoms with Gasteiger partial charge in [0.2, 0.25) is 5.91 Å². The molecule has 0 atom stereocenters. The molecule has 0 aliphatic rings. The average Bonchev–Trinajstić information content (AvgIpc) is 3.11. The van der Waals surface area contributed by atoms with Crippen molar-refractivity contribution in [3.63, 3.8) is 0 Å². The van der Waals surface area contributed by atoms with E-state index in [0.29, 0.717) is 28.1 Å². The van der Waals surface area contributed by atoms with Crippen LogP contribution in [0.15, 0.2) is 60.3 Å². The van der Waals surface area contributed by atoms with Gasteiger partial charge in [0.05, 0.1) is 26.4 Å². The van der Waals surface area contributed by atoms with Gasteiger partial charge in [0.15, 0.2) is 11.0 Å². The summed E-state index contributed by atoms with van der Waals surface area (Å²) in [5.41, 5.74) is 0.714. The number of rotatable bonds is 8. The summed E-state index contributed by atoms with van der Waals surface area (Å²) in [6, 6.07) is 11.1. The molecule has 3 rings (SSSR count). The first-order valence-electron chi connectivity index (χ1n) is 8.56. The van der Waals surface area contributed by atoms with Crippen molar-refractivity contribution in [2.75, 3.05) is 11.1 Å². The number of aromatic nitrogens is 3. The Morgan fingerprint density at radius 3 is 2.70 bits per heavy atom. The molecule has 0 aliphatic carbocycles. The Balaban J connectivity index is 1.75. The summed E-state index contributed by atoms with van der Waals surface area (Å²) < 4.78 is 1.80. The van der Waals surface area contributed by atoms with Gasteiger partial charge in [0.25, 0.3) is 5.69 Å². The second-order valence-corrected chi connectivity index (χ2v) is 7.70. The maximum atomic E-state index is 12.4. The van der Waals surface area contributed by atoms with E-state index in [1.807, 2.05) is 18.2 Å². The van der Waals surface area contributed by atoms with E-state index in [9.17, 15) is 14.9 Å². The number of nitro groups is 1. The fraction of sp³-hybridized carbons (Fsp3) is 0.105. The van der Waals surface area contributed by atoms with E-state index in [1.54, 1.807) is 16.7 Å². The minimum absolute atomic E-state index is 0.00316. The SMILES string of the molecule is C=CCn1c(SCC(=O)Nc2cc([N+](=O)[O-])ccc2Cl)nnc1-c1ccccc1Cl. The number of thioether (sulfide) groups is 1. The van der Waals surface area contributed by atoms with Crippen LogP contribution in [0.2, 0.25) is 10.0 Å². The highest BCUT2D eigenvalue weighted by Crippen LogP contribution is 2.30. The molecule has 2 aromatic carbocycles. The second-order valence-electron chi connectivity index (χ2n) is 5.94. The summed E-state index contributed by atoms with van der Waals surface area (Å²) >= 11 is 13.5. The number of amides is 1. The van der Waals surface area contributed by atoms with Gasteiger partial charge in [-0.2, -0.15) is 0 Å². The van der Waals surface area contributed by atoms with Crippen LogP contribution in [-0.4, -0.2) is 31.3 Å². The summed E-state index contributed by atoms with van der Waals surface area (Å²) in [5, 5.41) is 23.1. The molecule has 3 aromatic rings. The third-order valence-electron chi connectivity index (χ3n) is 3.91. The highest BCUT2D eigenvalue weighted by atomic mass is 35.5. The van der Waals surface area contributed by atoms with E-state index < -0.39 is 10.8 Å². The zero-order valence-corrected chi connectivity index (χ0v) is 17.7.